The third-order valence-corrected chi connectivity index (χ3v) is 12.4. The molecule has 2 aliphatic carbocycles. The summed E-state index contributed by atoms with van der Waals surface area (Å²) in [5.74, 6) is 1.50. The molecule has 2 nitrogen and oxygen atoms in total. The smallest absolute Gasteiger partial charge is 0.0965 e. The van der Waals surface area contributed by atoms with Crippen molar-refractivity contribution < 1.29 is 5.11 Å². The van der Waals surface area contributed by atoms with E-state index in [1.54, 1.807) is 4.50 Å². The highest BCUT2D eigenvalue weighted by Crippen LogP contribution is 2.55. The van der Waals surface area contributed by atoms with Gasteiger partial charge in [-0.25, -0.2) is 0 Å². The number of likely N-dealkylation sites (N-methyl/N-ethyl adjacent to an activating group) is 1. The maximum Gasteiger partial charge on any atom is 0.0965 e. The SMILES string of the molecule is C=CCN(C)CC1CC2CCC(C2)C1(O)c1ccc2sc([Si](C)(C)C)c(C)c2c1. The van der Waals surface area contributed by atoms with E-state index in [0.29, 0.717) is 11.8 Å². The van der Waals surface area contributed by atoms with Crippen LogP contribution in [0.15, 0.2) is 30.9 Å². The number of hydrogen-bond donors (Lipinski definition) is 1. The standard InChI is InChI=1S/C25H37NOSSi/c1-7-12-26(3)16-21-14-18-8-9-19(13-18)25(21,27)20-10-11-23-22(15-20)17(2)24(28-23)29(4,5)6/h7,10-11,15,18-19,21,27H,1,8-9,12-14,16H2,2-6H3. The fraction of sp³-hybridized carbons (Fsp3) is 0.600. The average molecular weight is 428 g/mol. The first-order valence-corrected chi connectivity index (χ1v) is 15.5. The van der Waals surface area contributed by atoms with Crippen molar-refractivity contribution in [2.75, 3.05) is 20.1 Å². The molecule has 2 fully saturated rings. The molecule has 0 aliphatic heterocycles. The number of nitrogens with zero attached hydrogens (tertiary/aromatic N) is 1. The molecule has 1 heterocycles. The molecule has 4 unspecified atom stereocenters. The summed E-state index contributed by atoms with van der Waals surface area (Å²) >= 11 is 1.98. The van der Waals surface area contributed by atoms with E-state index in [4.69, 9.17) is 0 Å². The highest BCUT2D eigenvalue weighted by Gasteiger charge is 2.52. The summed E-state index contributed by atoms with van der Waals surface area (Å²) in [5.41, 5.74) is 1.91. The summed E-state index contributed by atoms with van der Waals surface area (Å²) in [5, 5.41) is 13.7. The van der Waals surface area contributed by atoms with Crippen molar-refractivity contribution in [1.29, 1.82) is 0 Å². The number of benzene rings is 1. The lowest BCUT2D eigenvalue weighted by Gasteiger charge is -2.46. The lowest BCUT2D eigenvalue weighted by molar-refractivity contribution is -0.104. The Balaban J connectivity index is 1.77. The van der Waals surface area contributed by atoms with Crippen LogP contribution >= 0.6 is 11.3 Å². The van der Waals surface area contributed by atoms with Gasteiger partial charge in [0, 0.05) is 23.7 Å². The van der Waals surface area contributed by atoms with Gasteiger partial charge in [-0.05, 0) is 78.2 Å². The summed E-state index contributed by atoms with van der Waals surface area (Å²) in [6.45, 7) is 15.3. The molecule has 0 saturated heterocycles. The Kier molecular flexibility index (Phi) is 5.61. The minimum atomic E-state index is -1.35. The van der Waals surface area contributed by atoms with Crippen LogP contribution in [-0.4, -0.2) is 38.2 Å². The van der Waals surface area contributed by atoms with Gasteiger partial charge in [-0.2, -0.15) is 0 Å². The van der Waals surface area contributed by atoms with Gasteiger partial charge in [-0.15, -0.1) is 17.9 Å². The van der Waals surface area contributed by atoms with Gasteiger partial charge in [-0.3, -0.25) is 0 Å². The van der Waals surface area contributed by atoms with Gasteiger partial charge in [0.1, 0.15) is 0 Å². The van der Waals surface area contributed by atoms with Gasteiger partial charge in [0.25, 0.3) is 0 Å². The van der Waals surface area contributed by atoms with E-state index < -0.39 is 13.7 Å². The Labute approximate surface area is 181 Å². The zero-order valence-electron chi connectivity index (χ0n) is 18.8. The lowest BCUT2D eigenvalue weighted by Crippen LogP contribution is -2.48. The lowest BCUT2D eigenvalue weighted by atomic mass is 9.65. The van der Waals surface area contributed by atoms with Crippen molar-refractivity contribution in [3.05, 3.63) is 42.0 Å². The molecule has 0 spiro atoms. The van der Waals surface area contributed by atoms with Gasteiger partial charge < -0.3 is 10.0 Å². The molecule has 2 bridgehead atoms. The predicted molar refractivity (Wildman–Crippen MR) is 130 cm³/mol. The van der Waals surface area contributed by atoms with Crippen LogP contribution in [-0.2, 0) is 5.60 Å². The molecule has 29 heavy (non-hydrogen) atoms. The second-order valence-corrected chi connectivity index (χ2v) is 17.1. The maximum absolute atomic E-state index is 12.3. The molecule has 1 N–H and O–H groups in total. The van der Waals surface area contributed by atoms with Crippen LogP contribution in [0.5, 0.6) is 0 Å². The topological polar surface area (TPSA) is 23.5 Å². The van der Waals surface area contributed by atoms with E-state index in [1.807, 2.05) is 17.4 Å². The number of hydrogen-bond acceptors (Lipinski definition) is 3. The van der Waals surface area contributed by atoms with Crippen LogP contribution in [0.1, 0.15) is 36.8 Å². The molecule has 2 aromatic rings. The van der Waals surface area contributed by atoms with Crippen molar-refractivity contribution in [1.82, 2.24) is 4.90 Å². The van der Waals surface area contributed by atoms with E-state index in [9.17, 15) is 5.11 Å². The second-order valence-electron chi connectivity index (χ2n) is 10.7. The van der Waals surface area contributed by atoms with E-state index >= 15 is 0 Å². The van der Waals surface area contributed by atoms with Gasteiger partial charge in [0.15, 0.2) is 0 Å². The third kappa shape index (κ3) is 3.67. The van der Waals surface area contributed by atoms with Crippen LogP contribution in [0.2, 0.25) is 19.6 Å². The van der Waals surface area contributed by atoms with Crippen LogP contribution in [0.25, 0.3) is 10.1 Å². The summed E-state index contributed by atoms with van der Waals surface area (Å²) in [6, 6.07) is 6.88. The molecular formula is C25H37NOSSi. The average Bonchev–Trinajstić information content (AvgIpc) is 3.22. The first-order chi connectivity index (χ1) is 13.6. The number of aliphatic hydroxyl groups is 1. The zero-order valence-corrected chi connectivity index (χ0v) is 20.6. The first-order valence-electron chi connectivity index (χ1n) is 11.2. The van der Waals surface area contributed by atoms with Crippen LogP contribution in [0.3, 0.4) is 0 Å². The second kappa shape index (κ2) is 7.63. The Morgan fingerprint density at radius 3 is 2.72 bits per heavy atom. The van der Waals surface area contributed by atoms with E-state index in [1.165, 1.54) is 34.9 Å². The molecule has 4 rings (SSSR count). The normalized spacial score (nSPS) is 29.7. The summed E-state index contributed by atoms with van der Waals surface area (Å²) in [4.78, 5) is 2.32. The fourth-order valence-electron chi connectivity index (χ4n) is 6.15. The quantitative estimate of drug-likeness (QED) is 0.486. The molecule has 1 aromatic carbocycles. The van der Waals surface area contributed by atoms with Gasteiger partial charge >= 0.3 is 0 Å². The molecule has 4 heteroatoms. The Bertz CT molecular complexity index is 913. The van der Waals surface area contributed by atoms with Gasteiger partial charge in [0.05, 0.1) is 13.7 Å². The first kappa shape index (κ1) is 21.3. The highest BCUT2D eigenvalue weighted by atomic mass is 32.1. The fourth-order valence-corrected chi connectivity index (χ4v) is 9.90. The third-order valence-electron chi connectivity index (χ3n) is 7.46. The number of rotatable bonds is 6. The molecule has 158 valence electrons. The summed E-state index contributed by atoms with van der Waals surface area (Å²) < 4.78 is 2.98. The maximum atomic E-state index is 12.3. The minimum Gasteiger partial charge on any atom is -0.385 e. The number of aryl methyl sites for hydroxylation is 1. The number of fused-ring (bicyclic) bond motifs is 3. The predicted octanol–water partition coefficient (Wildman–Crippen LogP) is 5.50. The van der Waals surface area contributed by atoms with Crippen molar-refractivity contribution in [3.8, 4) is 0 Å². The zero-order chi connectivity index (χ0) is 21.0. The molecule has 2 aliphatic rings. The van der Waals surface area contributed by atoms with Crippen molar-refractivity contribution >= 4 is 34.0 Å². The van der Waals surface area contributed by atoms with Crippen molar-refractivity contribution in [3.63, 3.8) is 0 Å². The van der Waals surface area contributed by atoms with E-state index in [-0.39, 0.29) is 0 Å². The molecule has 4 atom stereocenters. The van der Waals surface area contributed by atoms with Gasteiger partial charge in [0.2, 0.25) is 0 Å². The highest BCUT2D eigenvalue weighted by molar-refractivity contribution is 7.31. The monoisotopic (exact) mass is 427 g/mol. The molecular weight excluding hydrogens is 390 g/mol. The largest absolute Gasteiger partial charge is 0.385 e. The Hall–Kier alpha value is -0.943. The molecule has 1 aromatic heterocycles. The molecule has 0 amide bonds. The van der Waals surface area contributed by atoms with E-state index in [2.05, 4.69) is 63.3 Å². The van der Waals surface area contributed by atoms with Crippen LogP contribution < -0.4 is 4.50 Å². The van der Waals surface area contributed by atoms with Gasteiger partial charge in [-0.1, -0.05) is 38.2 Å². The molecule has 0 radical (unpaired) electrons. The van der Waals surface area contributed by atoms with E-state index in [0.717, 1.165) is 31.0 Å². The molecule has 2 saturated carbocycles. The Morgan fingerprint density at radius 1 is 1.28 bits per heavy atom. The minimum absolute atomic E-state index is 0.298. The van der Waals surface area contributed by atoms with Crippen molar-refractivity contribution in [2.45, 2.75) is 57.8 Å². The summed E-state index contributed by atoms with van der Waals surface area (Å²) in [7, 11) is 0.803. The van der Waals surface area contributed by atoms with Crippen LogP contribution in [0.4, 0.5) is 0 Å². The number of thiophene rings is 1. The Morgan fingerprint density at radius 2 is 2.03 bits per heavy atom. The van der Waals surface area contributed by atoms with Crippen LogP contribution in [0, 0.1) is 24.7 Å². The summed E-state index contributed by atoms with van der Waals surface area (Å²) in [6.07, 6.45) is 6.77. The van der Waals surface area contributed by atoms with Crippen molar-refractivity contribution in [2.24, 2.45) is 17.8 Å².